The van der Waals surface area contributed by atoms with Gasteiger partial charge in [0.1, 0.15) is 0 Å². The molecule has 194 valence electrons. The van der Waals surface area contributed by atoms with Gasteiger partial charge in [-0.15, -0.1) is 0 Å². The number of pyridine rings is 1. The number of anilines is 1. The van der Waals surface area contributed by atoms with Gasteiger partial charge in [0.15, 0.2) is 0 Å². The van der Waals surface area contributed by atoms with Gasteiger partial charge in [-0.05, 0) is 78.5 Å². The van der Waals surface area contributed by atoms with Crippen LogP contribution in [0.25, 0.3) is 0 Å². The first-order valence-corrected chi connectivity index (χ1v) is 14.1. The predicted octanol–water partition coefficient (Wildman–Crippen LogP) is 5.51. The predicted molar refractivity (Wildman–Crippen MR) is 147 cm³/mol. The smallest absolute Gasteiger partial charge is 0.256 e. The Morgan fingerprint density at radius 1 is 0.974 bits per heavy atom. The number of carbonyl (C=O) groups is 2. The number of nitrogens with zero attached hydrogens (tertiary/aromatic N) is 4. The third-order valence-corrected chi connectivity index (χ3v) is 9.65. The summed E-state index contributed by atoms with van der Waals surface area (Å²) in [5.74, 6) is 0.148. The van der Waals surface area contributed by atoms with Crippen molar-refractivity contribution < 1.29 is 9.59 Å². The van der Waals surface area contributed by atoms with Gasteiger partial charge in [-0.3, -0.25) is 14.6 Å². The monoisotopic (exact) mass is 526 g/mol. The van der Waals surface area contributed by atoms with Crippen LogP contribution in [0.4, 0.5) is 5.69 Å². The van der Waals surface area contributed by atoms with Gasteiger partial charge in [-0.2, -0.15) is 0 Å². The van der Waals surface area contributed by atoms with Crippen molar-refractivity contribution in [2.24, 2.45) is 5.41 Å². The zero-order valence-electron chi connectivity index (χ0n) is 21.4. The molecule has 2 aromatic carbocycles. The molecule has 7 rings (SSSR count). The lowest BCUT2D eigenvalue weighted by Crippen LogP contribution is -2.42. The van der Waals surface area contributed by atoms with E-state index < -0.39 is 0 Å². The molecule has 0 radical (unpaired) electrons. The molecular formula is C31H31ClN4O2. The first-order valence-electron chi connectivity index (χ1n) is 13.7. The summed E-state index contributed by atoms with van der Waals surface area (Å²) in [5.41, 5.74) is 6.12. The summed E-state index contributed by atoms with van der Waals surface area (Å²) in [5, 5.41) is 0.520. The minimum atomic E-state index is -0.0175. The lowest BCUT2D eigenvalue weighted by molar-refractivity contribution is 0.0701. The van der Waals surface area contributed by atoms with Gasteiger partial charge in [0.25, 0.3) is 11.8 Å². The van der Waals surface area contributed by atoms with E-state index in [0.29, 0.717) is 17.1 Å². The van der Waals surface area contributed by atoms with E-state index in [1.165, 1.54) is 5.69 Å². The Bertz CT molecular complexity index is 1420. The number of rotatable bonds is 3. The third kappa shape index (κ3) is 3.80. The summed E-state index contributed by atoms with van der Waals surface area (Å²) in [4.78, 5) is 37.7. The molecule has 4 heterocycles. The molecule has 0 unspecified atom stereocenters. The molecule has 6 nitrogen and oxygen atoms in total. The van der Waals surface area contributed by atoms with Crippen LogP contribution in [0.5, 0.6) is 0 Å². The summed E-state index contributed by atoms with van der Waals surface area (Å²) in [7, 11) is 0. The molecule has 1 spiro atoms. The van der Waals surface area contributed by atoms with Gasteiger partial charge in [-0.1, -0.05) is 35.9 Å². The summed E-state index contributed by atoms with van der Waals surface area (Å²) < 4.78 is 0. The number of carbonyl (C=O) groups excluding carboxylic acids is 2. The van der Waals surface area contributed by atoms with E-state index in [1.54, 1.807) is 6.07 Å². The Labute approximate surface area is 228 Å². The van der Waals surface area contributed by atoms with Crippen molar-refractivity contribution in [3.05, 3.63) is 93.8 Å². The molecule has 4 aliphatic rings. The Balaban J connectivity index is 1.07. The topological polar surface area (TPSA) is 56.8 Å². The standard InChI is InChI=1S/C31H31ClN4O2/c32-26-6-1-3-21-19-36(30(38)28(21)26)27-8-7-23-24(27)4-2-5-25(23)29(37)35-18-13-31(20-35)11-16-34(17-12-31)22-9-14-33-15-10-22/h1-6,9-10,14-15,27H,7-8,11-13,16-20H2/t27-/m0/s1. The van der Waals surface area contributed by atoms with Crippen LogP contribution in [0.15, 0.2) is 60.9 Å². The normalized spacial score (nSPS) is 21.8. The van der Waals surface area contributed by atoms with Crippen molar-refractivity contribution in [3.63, 3.8) is 0 Å². The van der Waals surface area contributed by atoms with E-state index in [4.69, 9.17) is 11.6 Å². The minimum Gasteiger partial charge on any atom is -0.371 e. The number of piperidine rings is 1. The van der Waals surface area contributed by atoms with E-state index in [9.17, 15) is 9.59 Å². The van der Waals surface area contributed by atoms with Crippen LogP contribution in [0.1, 0.15) is 69.1 Å². The largest absolute Gasteiger partial charge is 0.371 e. The highest BCUT2D eigenvalue weighted by Gasteiger charge is 2.44. The van der Waals surface area contributed by atoms with Gasteiger partial charge in [0, 0.05) is 56.4 Å². The van der Waals surface area contributed by atoms with Crippen molar-refractivity contribution in [1.29, 1.82) is 0 Å². The number of halogens is 1. The minimum absolute atomic E-state index is 0.000211. The maximum absolute atomic E-state index is 13.8. The fourth-order valence-electron chi connectivity index (χ4n) is 7.23. The average molecular weight is 527 g/mol. The summed E-state index contributed by atoms with van der Waals surface area (Å²) in [6.45, 7) is 4.26. The highest BCUT2D eigenvalue weighted by molar-refractivity contribution is 6.34. The highest BCUT2D eigenvalue weighted by atomic mass is 35.5. The van der Waals surface area contributed by atoms with Crippen LogP contribution in [-0.4, -0.2) is 52.8 Å². The molecule has 7 heteroatoms. The van der Waals surface area contributed by atoms with Gasteiger partial charge in [-0.25, -0.2) is 0 Å². The van der Waals surface area contributed by atoms with Gasteiger partial charge >= 0.3 is 0 Å². The first-order chi connectivity index (χ1) is 18.5. The fraction of sp³-hybridized carbons (Fsp3) is 0.387. The lowest BCUT2D eigenvalue weighted by atomic mass is 9.77. The SMILES string of the molecule is O=C(c1cccc2c1CC[C@@H]2N1Cc2cccc(Cl)c2C1=O)N1CCC2(CCN(c3ccncc3)CC2)C1. The second-order valence-electron chi connectivity index (χ2n) is 11.3. The summed E-state index contributed by atoms with van der Waals surface area (Å²) >= 11 is 6.37. The molecule has 0 N–H and O–H groups in total. The highest BCUT2D eigenvalue weighted by Crippen LogP contribution is 2.44. The Morgan fingerprint density at radius 3 is 2.53 bits per heavy atom. The quantitative estimate of drug-likeness (QED) is 0.451. The van der Waals surface area contributed by atoms with Gasteiger partial charge in [0.2, 0.25) is 0 Å². The average Bonchev–Trinajstić information content (AvgIpc) is 3.65. The number of hydrogen-bond acceptors (Lipinski definition) is 4. The van der Waals surface area contributed by atoms with Crippen LogP contribution >= 0.6 is 11.6 Å². The molecule has 1 aromatic heterocycles. The number of benzene rings is 2. The molecule has 1 atom stereocenters. The molecule has 2 fully saturated rings. The number of fused-ring (bicyclic) bond motifs is 2. The molecular weight excluding hydrogens is 496 g/mol. The molecule has 0 saturated carbocycles. The van der Waals surface area contributed by atoms with Crippen LogP contribution in [0, 0.1) is 5.41 Å². The van der Waals surface area contributed by atoms with Crippen molar-refractivity contribution in [2.45, 2.75) is 44.7 Å². The molecule has 1 aliphatic carbocycles. The second-order valence-corrected chi connectivity index (χ2v) is 11.7. The third-order valence-electron chi connectivity index (χ3n) is 9.34. The molecule has 0 bridgehead atoms. The number of hydrogen-bond donors (Lipinski definition) is 0. The summed E-state index contributed by atoms with van der Waals surface area (Å²) in [6, 6.07) is 15.9. The number of likely N-dealkylation sites (tertiary alicyclic amines) is 1. The van der Waals surface area contributed by atoms with Crippen molar-refractivity contribution >= 4 is 29.1 Å². The Hall–Kier alpha value is -3.38. The molecule has 2 saturated heterocycles. The maximum Gasteiger partial charge on any atom is 0.256 e. The fourth-order valence-corrected chi connectivity index (χ4v) is 7.50. The van der Waals surface area contributed by atoms with Crippen molar-refractivity contribution in [1.82, 2.24) is 14.8 Å². The van der Waals surface area contributed by atoms with Crippen LogP contribution < -0.4 is 4.90 Å². The van der Waals surface area contributed by atoms with Crippen LogP contribution in [0.3, 0.4) is 0 Å². The van der Waals surface area contributed by atoms with E-state index >= 15 is 0 Å². The molecule has 3 aromatic rings. The van der Waals surface area contributed by atoms with Gasteiger partial charge < -0.3 is 14.7 Å². The Kier molecular flexibility index (Phi) is 5.69. The number of aromatic nitrogens is 1. The molecule has 2 amide bonds. The zero-order chi connectivity index (χ0) is 25.9. The van der Waals surface area contributed by atoms with E-state index in [-0.39, 0.29) is 23.3 Å². The number of amides is 2. The summed E-state index contributed by atoms with van der Waals surface area (Å²) in [6.07, 6.45) is 8.64. The molecule has 3 aliphatic heterocycles. The Morgan fingerprint density at radius 2 is 1.74 bits per heavy atom. The van der Waals surface area contributed by atoms with Crippen molar-refractivity contribution in [2.75, 3.05) is 31.1 Å². The lowest BCUT2D eigenvalue weighted by Gasteiger charge is -2.40. The van der Waals surface area contributed by atoms with E-state index in [2.05, 4.69) is 33.0 Å². The molecule has 38 heavy (non-hydrogen) atoms. The van der Waals surface area contributed by atoms with E-state index in [0.717, 1.165) is 80.5 Å². The van der Waals surface area contributed by atoms with Crippen LogP contribution in [0.2, 0.25) is 5.02 Å². The second kappa shape index (κ2) is 9.12. The maximum atomic E-state index is 13.8. The van der Waals surface area contributed by atoms with E-state index in [1.807, 2.05) is 41.6 Å². The van der Waals surface area contributed by atoms with Gasteiger partial charge in [0.05, 0.1) is 16.6 Å². The van der Waals surface area contributed by atoms with Crippen molar-refractivity contribution in [3.8, 4) is 0 Å². The zero-order valence-corrected chi connectivity index (χ0v) is 22.2. The van der Waals surface area contributed by atoms with Crippen LogP contribution in [-0.2, 0) is 13.0 Å². The first kappa shape index (κ1) is 23.7.